The Morgan fingerprint density at radius 2 is 1.87 bits per heavy atom. The second-order valence-corrected chi connectivity index (χ2v) is 11.7. The highest BCUT2D eigenvalue weighted by Crippen LogP contribution is 2.38. The number of allylic oxidation sites excluding steroid dienone is 3. The standard InChI is InChI=1S/C33H29FN4O6S/c34-23-8-4-9-25(18-23)36-32-37(19-26-10-5-17-43-26)31(41)29(45-32)22-11-13-24(14-12-22)35-30(40)27-15-16-28(39)38(27)33(42)44-20-21-6-2-1-3-7-21/h1-11,13,17-18,27,29H,12,14-16,19-20H2,(H,35,40)/t27-,29?/m0/s1. The fourth-order valence-corrected chi connectivity index (χ4v) is 6.53. The van der Waals surface area contributed by atoms with E-state index in [2.05, 4.69) is 10.3 Å². The smallest absolute Gasteiger partial charge is 0.417 e. The number of halogens is 1. The van der Waals surface area contributed by atoms with Crippen molar-refractivity contribution in [1.82, 2.24) is 15.1 Å². The molecule has 10 nitrogen and oxygen atoms in total. The van der Waals surface area contributed by atoms with Crippen LogP contribution in [0.1, 0.15) is 37.0 Å². The molecule has 45 heavy (non-hydrogen) atoms. The summed E-state index contributed by atoms with van der Waals surface area (Å²) in [6, 6.07) is 17.5. The topological polar surface area (TPSA) is 122 Å². The third-order valence-corrected chi connectivity index (χ3v) is 8.85. The van der Waals surface area contributed by atoms with Gasteiger partial charge >= 0.3 is 6.09 Å². The van der Waals surface area contributed by atoms with Crippen LogP contribution in [0.4, 0.5) is 14.9 Å². The van der Waals surface area contributed by atoms with Crippen LogP contribution in [0.2, 0.25) is 0 Å². The third kappa shape index (κ3) is 6.91. The van der Waals surface area contributed by atoms with Crippen LogP contribution in [-0.4, -0.2) is 50.1 Å². The maximum Gasteiger partial charge on any atom is 0.417 e. The van der Waals surface area contributed by atoms with Crippen molar-refractivity contribution in [2.24, 2.45) is 4.99 Å². The number of carbonyl (C=O) groups excluding carboxylic acids is 4. The zero-order valence-electron chi connectivity index (χ0n) is 24.1. The molecule has 2 aliphatic heterocycles. The van der Waals surface area contributed by atoms with Gasteiger partial charge in [-0.25, -0.2) is 19.1 Å². The molecule has 12 heteroatoms. The molecule has 1 aliphatic carbocycles. The number of imide groups is 1. The number of furan rings is 1. The van der Waals surface area contributed by atoms with Gasteiger partial charge in [0.1, 0.15) is 29.5 Å². The van der Waals surface area contributed by atoms with Crippen molar-refractivity contribution in [1.29, 1.82) is 0 Å². The van der Waals surface area contributed by atoms with Crippen LogP contribution in [0, 0.1) is 5.82 Å². The van der Waals surface area contributed by atoms with Crippen molar-refractivity contribution in [2.75, 3.05) is 0 Å². The van der Waals surface area contributed by atoms with Crippen molar-refractivity contribution in [2.45, 2.75) is 50.1 Å². The number of likely N-dealkylation sites (tertiary alicyclic amines) is 1. The molecule has 1 N–H and O–H groups in total. The van der Waals surface area contributed by atoms with E-state index in [1.165, 1.54) is 35.1 Å². The van der Waals surface area contributed by atoms with Gasteiger partial charge in [0.25, 0.3) is 0 Å². The maximum atomic E-state index is 13.8. The number of amides is 4. The molecule has 1 unspecified atom stereocenters. The Bertz CT molecular complexity index is 1700. The number of amidine groups is 1. The lowest BCUT2D eigenvalue weighted by atomic mass is 9.98. The van der Waals surface area contributed by atoms with Crippen molar-refractivity contribution in [3.05, 3.63) is 114 Å². The molecule has 2 saturated heterocycles. The van der Waals surface area contributed by atoms with Gasteiger partial charge in [0.15, 0.2) is 5.17 Å². The van der Waals surface area contributed by atoms with Crippen molar-refractivity contribution < 1.29 is 32.7 Å². The SMILES string of the molecule is O=C(NC1=CC=C(C2SC(=Nc3cccc(F)c3)N(Cc3ccco3)C2=O)CC1)[C@@H]1CCC(=O)N1C(=O)OCc1ccccc1. The molecule has 0 radical (unpaired) electrons. The first-order valence-corrected chi connectivity index (χ1v) is 15.3. The van der Waals surface area contributed by atoms with Gasteiger partial charge < -0.3 is 14.5 Å². The maximum absolute atomic E-state index is 13.8. The molecule has 3 heterocycles. The number of nitrogens with one attached hydrogen (secondary N) is 1. The zero-order valence-corrected chi connectivity index (χ0v) is 24.9. The van der Waals surface area contributed by atoms with Crippen molar-refractivity contribution in [3.63, 3.8) is 0 Å². The number of benzene rings is 2. The average Bonchev–Trinajstić information content (AvgIpc) is 3.77. The van der Waals surface area contributed by atoms with Crippen LogP contribution in [0.25, 0.3) is 0 Å². The molecule has 2 fully saturated rings. The van der Waals surface area contributed by atoms with Gasteiger partial charge in [0, 0.05) is 12.1 Å². The highest BCUT2D eigenvalue weighted by molar-refractivity contribution is 8.15. The molecule has 230 valence electrons. The molecular weight excluding hydrogens is 599 g/mol. The van der Waals surface area contributed by atoms with Crippen LogP contribution in [0.5, 0.6) is 0 Å². The summed E-state index contributed by atoms with van der Waals surface area (Å²) in [5.41, 5.74) is 2.61. The van der Waals surface area contributed by atoms with E-state index in [9.17, 15) is 23.6 Å². The summed E-state index contributed by atoms with van der Waals surface area (Å²) in [7, 11) is 0. The molecule has 1 aromatic heterocycles. The summed E-state index contributed by atoms with van der Waals surface area (Å²) in [5, 5.41) is 2.73. The highest BCUT2D eigenvalue weighted by Gasteiger charge is 2.43. The van der Waals surface area contributed by atoms with Crippen molar-refractivity contribution >= 4 is 46.4 Å². The first-order chi connectivity index (χ1) is 21.9. The van der Waals surface area contributed by atoms with E-state index in [1.54, 1.807) is 48.6 Å². The number of hydrogen-bond acceptors (Lipinski definition) is 8. The largest absolute Gasteiger partial charge is 0.467 e. The van der Waals surface area contributed by atoms with E-state index in [0.29, 0.717) is 35.2 Å². The molecule has 2 aromatic carbocycles. The number of thioether (sulfide) groups is 1. The molecule has 3 aromatic rings. The first-order valence-electron chi connectivity index (χ1n) is 14.4. The van der Waals surface area contributed by atoms with Crippen molar-refractivity contribution in [3.8, 4) is 0 Å². The van der Waals surface area contributed by atoms with Crippen LogP contribution in [-0.2, 0) is 32.3 Å². The fraction of sp³-hybridized carbons (Fsp3) is 0.242. The van der Waals surface area contributed by atoms with Crippen LogP contribution in [0.15, 0.2) is 106 Å². The highest BCUT2D eigenvalue weighted by atomic mass is 32.2. The predicted molar refractivity (Wildman–Crippen MR) is 164 cm³/mol. The summed E-state index contributed by atoms with van der Waals surface area (Å²) in [5.74, 6) is -0.944. The Morgan fingerprint density at radius 1 is 1.02 bits per heavy atom. The number of nitrogens with zero attached hydrogens (tertiary/aromatic N) is 3. The van der Waals surface area contributed by atoms with Crippen LogP contribution in [0.3, 0.4) is 0 Å². The lowest BCUT2D eigenvalue weighted by Crippen LogP contribution is -2.47. The summed E-state index contributed by atoms with van der Waals surface area (Å²) in [6.45, 7) is 0.167. The first kappa shape index (κ1) is 30.1. The van der Waals surface area contributed by atoms with Gasteiger partial charge in [-0.3, -0.25) is 19.3 Å². The minimum absolute atomic E-state index is 0.0119. The van der Waals surface area contributed by atoms with E-state index < -0.39 is 35.0 Å². The zero-order chi connectivity index (χ0) is 31.3. The lowest BCUT2D eigenvalue weighted by molar-refractivity contribution is -0.133. The summed E-state index contributed by atoms with van der Waals surface area (Å²) < 4.78 is 24.6. The number of carbonyl (C=O) groups is 4. The monoisotopic (exact) mass is 628 g/mol. The van der Waals surface area contributed by atoms with Crippen LogP contribution < -0.4 is 5.32 Å². The number of hydrogen-bond donors (Lipinski definition) is 1. The molecule has 0 saturated carbocycles. The molecule has 4 amide bonds. The molecular formula is C33H29FN4O6S. The Balaban J connectivity index is 1.13. The Morgan fingerprint density at radius 3 is 2.60 bits per heavy atom. The second kappa shape index (κ2) is 13.3. The number of ether oxygens (including phenoxy) is 1. The third-order valence-electron chi connectivity index (χ3n) is 7.59. The quantitative estimate of drug-likeness (QED) is 0.345. The predicted octanol–water partition coefficient (Wildman–Crippen LogP) is 5.60. The Kier molecular flexibility index (Phi) is 8.92. The normalized spacial score (nSPS) is 20.8. The van der Waals surface area contributed by atoms with E-state index in [0.717, 1.165) is 16.0 Å². The fourth-order valence-electron chi connectivity index (χ4n) is 5.30. The summed E-state index contributed by atoms with van der Waals surface area (Å²) in [4.78, 5) is 59.0. The molecule has 0 spiro atoms. The van der Waals surface area contributed by atoms with Gasteiger partial charge in [-0.1, -0.05) is 54.2 Å². The minimum atomic E-state index is -0.976. The summed E-state index contributed by atoms with van der Waals surface area (Å²) in [6.07, 6.45) is 5.41. The van der Waals surface area contributed by atoms with E-state index in [4.69, 9.17) is 9.15 Å². The molecule has 2 atom stereocenters. The van der Waals surface area contributed by atoms with E-state index >= 15 is 0 Å². The second-order valence-electron chi connectivity index (χ2n) is 10.7. The molecule has 6 rings (SSSR count). The number of rotatable bonds is 8. The molecule has 3 aliphatic rings. The number of aliphatic imine (C=N–C) groups is 1. The Labute approximate surface area is 262 Å². The van der Waals surface area contributed by atoms with Gasteiger partial charge in [-0.15, -0.1) is 0 Å². The van der Waals surface area contributed by atoms with Gasteiger partial charge in [0.2, 0.25) is 17.7 Å². The minimum Gasteiger partial charge on any atom is -0.467 e. The van der Waals surface area contributed by atoms with Gasteiger partial charge in [0.05, 0.1) is 18.5 Å². The molecule has 0 bridgehead atoms. The van der Waals surface area contributed by atoms with E-state index in [1.807, 2.05) is 18.2 Å². The van der Waals surface area contributed by atoms with E-state index in [-0.39, 0.29) is 31.9 Å². The Hall–Kier alpha value is -4.97. The van der Waals surface area contributed by atoms with Gasteiger partial charge in [-0.05, 0) is 66.8 Å². The summed E-state index contributed by atoms with van der Waals surface area (Å²) >= 11 is 1.28. The van der Waals surface area contributed by atoms with Gasteiger partial charge in [-0.2, -0.15) is 0 Å². The lowest BCUT2D eigenvalue weighted by Gasteiger charge is -2.23. The van der Waals surface area contributed by atoms with Crippen LogP contribution >= 0.6 is 11.8 Å². The average molecular weight is 629 g/mol.